The van der Waals surface area contributed by atoms with Crippen LogP contribution in [0, 0.1) is 0 Å². The Balaban J connectivity index is 1.33. The van der Waals surface area contributed by atoms with Gasteiger partial charge in [-0.05, 0) is 69.6 Å². The predicted molar refractivity (Wildman–Crippen MR) is 122 cm³/mol. The van der Waals surface area contributed by atoms with Crippen LogP contribution in [0.4, 0.5) is 0 Å². The Morgan fingerprint density at radius 3 is 2.69 bits per heavy atom. The first-order valence-electron chi connectivity index (χ1n) is 11.5. The van der Waals surface area contributed by atoms with Crippen molar-refractivity contribution in [2.24, 2.45) is 0 Å². The standard InChI is InChI=1S/C26H28N4O2/c1-25(2,32)10-9-16-3-5-17(6-4-16)21-13-20-18(14-27-21)7-8-19-22(20)29-30-15-26(11-12-26)28-24(31)23(19)30/h3-6,13-14,32H,7-12,15H2,1-2H3,(H,28,31). The van der Waals surface area contributed by atoms with Crippen LogP contribution in [-0.2, 0) is 25.8 Å². The SMILES string of the molecule is CC(C)(O)CCc1ccc(-c2cc3c(cn2)CCc2c-3nn3c2C(=O)NC2(CC2)C3)cc1. The van der Waals surface area contributed by atoms with Crippen LogP contribution in [0.25, 0.3) is 22.5 Å². The lowest BCUT2D eigenvalue weighted by Crippen LogP contribution is -2.46. The molecule has 1 amide bonds. The van der Waals surface area contributed by atoms with E-state index >= 15 is 0 Å². The lowest BCUT2D eigenvalue weighted by Gasteiger charge is -2.24. The minimum Gasteiger partial charge on any atom is -0.390 e. The van der Waals surface area contributed by atoms with Crippen LogP contribution in [0.5, 0.6) is 0 Å². The summed E-state index contributed by atoms with van der Waals surface area (Å²) in [6.45, 7) is 4.46. The normalized spacial score (nSPS) is 18.0. The van der Waals surface area contributed by atoms with E-state index in [0.29, 0.717) is 0 Å². The van der Waals surface area contributed by atoms with Crippen LogP contribution >= 0.6 is 0 Å². The molecule has 1 fully saturated rings. The first-order chi connectivity index (χ1) is 15.3. The maximum atomic E-state index is 12.8. The highest BCUT2D eigenvalue weighted by Crippen LogP contribution is 2.43. The summed E-state index contributed by atoms with van der Waals surface area (Å²) < 4.78 is 1.95. The fourth-order valence-electron chi connectivity index (χ4n) is 4.99. The number of nitrogens with one attached hydrogen (secondary N) is 1. The van der Waals surface area contributed by atoms with Gasteiger partial charge in [0, 0.05) is 22.9 Å². The van der Waals surface area contributed by atoms with E-state index in [1.165, 1.54) is 11.1 Å². The van der Waals surface area contributed by atoms with Gasteiger partial charge in [0.15, 0.2) is 0 Å². The van der Waals surface area contributed by atoms with Crippen molar-refractivity contribution in [1.29, 1.82) is 0 Å². The van der Waals surface area contributed by atoms with Crippen LogP contribution in [0.3, 0.4) is 0 Å². The Morgan fingerprint density at radius 2 is 1.97 bits per heavy atom. The summed E-state index contributed by atoms with van der Waals surface area (Å²) in [5.41, 5.74) is 7.53. The molecule has 3 aromatic rings. The molecule has 3 heterocycles. The number of benzene rings is 1. The smallest absolute Gasteiger partial charge is 0.270 e. The summed E-state index contributed by atoms with van der Waals surface area (Å²) in [4.78, 5) is 17.5. The van der Waals surface area contributed by atoms with Crippen molar-refractivity contribution < 1.29 is 9.90 Å². The molecule has 164 valence electrons. The fourth-order valence-corrected chi connectivity index (χ4v) is 4.99. The van der Waals surface area contributed by atoms with Gasteiger partial charge in [-0.2, -0.15) is 5.10 Å². The summed E-state index contributed by atoms with van der Waals surface area (Å²) in [5, 5.41) is 18.1. The molecule has 0 radical (unpaired) electrons. The average molecular weight is 429 g/mol. The molecule has 2 aliphatic carbocycles. The van der Waals surface area contributed by atoms with Gasteiger partial charge in [-0.25, -0.2) is 0 Å². The topological polar surface area (TPSA) is 80.0 Å². The van der Waals surface area contributed by atoms with E-state index in [-0.39, 0.29) is 11.4 Å². The van der Waals surface area contributed by atoms with Crippen LogP contribution < -0.4 is 5.32 Å². The molecular weight excluding hydrogens is 400 g/mol. The lowest BCUT2D eigenvalue weighted by molar-refractivity contribution is 0.0713. The van der Waals surface area contributed by atoms with Gasteiger partial charge >= 0.3 is 0 Å². The van der Waals surface area contributed by atoms with Gasteiger partial charge in [-0.1, -0.05) is 24.3 Å². The molecule has 2 N–H and O–H groups in total. The lowest BCUT2D eigenvalue weighted by atomic mass is 9.88. The minimum absolute atomic E-state index is 0.0295. The van der Waals surface area contributed by atoms with Crippen molar-refractivity contribution in [1.82, 2.24) is 20.1 Å². The molecule has 1 aliphatic heterocycles. The van der Waals surface area contributed by atoms with Crippen LogP contribution in [0.1, 0.15) is 60.3 Å². The Morgan fingerprint density at radius 1 is 1.19 bits per heavy atom. The number of aryl methyl sites for hydroxylation is 2. The Kier molecular flexibility index (Phi) is 4.15. The number of carbonyl (C=O) groups is 1. The second kappa shape index (κ2) is 6.75. The van der Waals surface area contributed by atoms with Gasteiger partial charge in [0.25, 0.3) is 5.91 Å². The van der Waals surface area contributed by atoms with Crippen molar-refractivity contribution in [2.75, 3.05) is 0 Å². The van der Waals surface area contributed by atoms with E-state index in [2.05, 4.69) is 35.6 Å². The molecule has 0 bridgehead atoms. The summed E-state index contributed by atoms with van der Waals surface area (Å²) >= 11 is 0. The van der Waals surface area contributed by atoms with Gasteiger partial charge in [-0.15, -0.1) is 0 Å². The molecule has 1 spiro atoms. The number of hydrogen-bond donors (Lipinski definition) is 2. The highest BCUT2D eigenvalue weighted by Gasteiger charge is 2.49. The van der Waals surface area contributed by atoms with Crippen LogP contribution in [0.2, 0.25) is 0 Å². The molecular formula is C26H28N4O2. The second-order valence-corrected chi connectivity index (χ2v) is 10.3. The van der Waals surface area contributed by atoms with Crippen molar-refractivity contribution >= 4 is 5.91 Å². The Bertz CT molecular complexity index is 1230. The Labute approximate surface area is 187 Å². The zero-order valence-electron chi connectivity index (χ0n) is 18.6. The number of fused-ring (bicyclic) bond motifs is 5. The van der Waals surface area contributed by atoms with Gasteiger partial charge in [0.05, 0.1) is 29.1 Å². The zero-order valence-corrected chi connectivity index (χ0v) is 18.6. The molecule has 6 nitrogen and oxygen atoms in total. The van der Waals surface area contributed by atoms with Crippen LogP contribution in [0.15, 0.2) is 36.5 Å². The number of hydrogen-bond acceptors (Lipinski definition) is 4. The van der Waals surface area contributed by atoms with E-state index < -0.39 is 5.60 Å². The number of aromatic nitrogens is 3. The molecule has 6 heteroatoms. The predicted octanol–water partition coefficient (Wildman–Crippen LogP) is 3.69. The summed E-state index contributed by atoms with van der Waals surface area (Å²) in [6.07, 6.45) is 7.33. The Hall–Kier alpha value is -2.99. The maximum absolute atomic E-state index is 12.8. The third-order valence-corrected chi connectivity index (χ3v) is 7.11. The van der Waals surface area contributed by atoms with E-state index in [4.69, 9.17) is 10.1 Å². The van der Waals surface area contributed by atoms with Crippen LogP contribution in [-0.4, -0.2) is 36.9 Å². The molecule has 6 rings (SSSR count). The molecule has 0 atom stereocenters. The first kappa shape index (κ1) is 19.7. The first-order valence-corrected chi connectivity index (χ1v) is 11.5. The number of nitrogens with zero attached hydrogens (tertiary/aromatic N) is 3. The highest BCUT2D eigenvalue weighted by molar-refractivity contribution is 5.98. The second-order valence-electron chi connectivity index (χ2n) is 10.3. The quantitative estimate of drug-likeness (QED) is 0.664. The van der Waals surface area contributed by atoms with Crippen molar-refractivity contribution in [3.63, 3.8) is 0 Å². The molecule has 2 aromatic heterocycles. The van der Waals surface area contributed by atoms with E-state index in [1.807, 2.05) is 24.7 Å². The van der Waals surface area contributed by atoms with E-state index in [9.17, 15) is 9.90 Å². The van der Waals surface area contributed by atoms with Crippen molar-refractivity contribution in [3.8, 4) is 22.5 Å². The van der Waals surface area contributed by atoms with Crippen molar-refractivity contribution in [3.05, 3.63) is 58.9 Å². The largest absolute Gasteiger partial charge is 0.390 e. The molecule has 1 saturated carbocycles. The number of carbonyl (C=O) groups excluding carboxylic acids is 1. The minimum atomic E-state index is -0.657. The molecule has 3 aliphatic rings. The summed E-state index contributed by atoms with van der Waals surface area (Å²) in [5.74, 6) is 0.0295. The third kappa shape index (κ3) is 3.34. The maximum Gasteiger partial charge on any atom is 0.270 e. The van der Waals surface area contributed by atoms with Gasteiger partial charge in [0.2, 0.25) is 0 Å². The van der Waals surface area contributed by atoms with Gasteiger partial charge in [0.1, 0.15) is 5.69 Å². The monoisotopic (exact) mass is 428 g/mol. The van der Waals surface area contributed by atoms with E-state index in [1.54, 1.807) is 0 Å². The number of pyridine rings is 1. The molecule has 1 aromatic carbocycles. The molecule has 0 unspecified atom stereocenters. The van der Waals surface area contributed by atoms with E-state index in [0.717, 1.165) is 78.8 Å². The fraction of sp³-hybridized carbons (Fsp3) is 0.423. The zero-order chi connectivity index (χ0) is 22.1. The summed E-state index contributed by atoms with van der Waals surface area (Å²) in [7, 11) is 0. The summed E-state index contributed by atoms with van der Waals surface area (Å²) in [6, 6.07) is 10.6. The number of aliphatic hydroxyl groups is 1. The average Bonchev–Trinajstić information content (AvgIpc) is 3.38. The number of rotatable bonds is 4. The van der Waals surface area contributed by atoms with Gasteiger partial charge in [-0.3, -0.25) is 14.5 Å². The highest BCUT2D eigenvalue weighted by atomic mass is 16.3. The number of amides is 1. The van der Waals surface area contributed by atoms with Gasteiger partial charge < -0.3 is 10.4 Å². The van der Waals surface area contributed by atoms with Crippen molar-refractivity contribution in [2.45, 2.75) is 70.1 Å². The molecule has 0 saturated heterocycles. The third-order valence-electron chi connectivity index (χ3n) is 7.11. The molecule has 32 heavy (non-hydrogen) atoms.